The Morgan fingerprint density at radius 1 is 1.14 bits per heavy atom. The molecule has 5 nitrogen and oxygen atoms in total. The molecule has 0 aliphatic carbocycles. The van der Waals surface area contributed by atoms with Gasteiger partial charge in [-0.1, -0.05) is 35.9 Å². The van der Waals surface area contributed by atoms with Crippen molar-refractivity contribution in [2.75, 3.05) is 13.7 Å². The average molecular weight is 298 g/mol. The van der Waals surface area contributed by atoms with Crippen molar-refractivity contribution in [2.24, 2.45) is 5.73 Å². The molecule has 1 heterocycles. The van der Waals surface area contributed by atoms with Crippen LogP contribution in [0.15, 0.2) is 48.5 Å². The Kier molecular flexibility index (Phi) is 3.60. The molecular formula is C17H18N2O3. The number of rotatable bonds is 4. The zero-order valence-electron chi connectivity index (χ0n) is 12.6. The highest BCUT2D eigenvalue weighted by Crippen LogP contribution is 2.35. The minimum atomic E-state index is -1.15. The maximum Gasteiger partial charge on any atom is 0.280 e. The molecule has 3 rings (SSSR count). The average Bonchev–Trinajstić information content (AvgIpc) is 2.75. The number of hydroxylamine groups is 2. The highest BCUT2D eigenvalue weighted by molar-refractivity contribution is 5.99. The molecule has 1 aliphatic rings. The predicted octanol–water partition coefficient (Wildman–Crippen LogP) is 2.20. The standard InChI is InChI=1S/C17H18N2O3/c1-12-7-9-13(10-8-12)22-11-17(18)15-6-4-3-5-14(15)16(20)19(17)21-2/h3-10H,11,18H2,1-2H3. The number of carbonyl (C=O) groups excluding carboxylic acids is 1. The van der Waals surface area contributed by atoms with Crippen LogP contribution in [0.2, 0.25) is 0 Å². The summed E-state index contributed by atoms with van der Waals surface area (Å²) in [5.74, 6) is 0.441. The van der Waals surface area contributed by atoms with Gasteiger partial charge in [0.15, 0.2) is 5.66 Å². The number of ether oxygens (including phenoxy) is 1. The first kappa shape index (κ1) is 14.6. The summed E-state index contributed by atoms with van der Waals surface area (Å²) >= 11 is 0. The van der Waals surface area contributed by atoms with Gasteiger partial charge < -0.3 is 4.74 Å². The molecule has 0 aromatic heterocycles. The van der Waals surface area contributed by atoms with Crippen molar-refractivity contribution in [1.82, 2.24) is 5.06 Å². The van der Waals surface area contributed by atoms with E-state index in [1.165, 1.54) is 12.2 Å². The maximum atomic E-state index is 12.4. The normalized spacial score (nSPS) is 20.1. The lowest BCUT2D eigenvalue weighted by Crippen LogP contribution is -2.54. The number of benzene rings is 2. The van der Waals surface area contributed by atoms with E-state index in [9.17, 15) is 4.79 Å². The summed E-state index contributed by atoms with van der Waals surface area (Å²) in [6.45, 7) is 2.11. The minimum Gasteiger partial charge on any atom is -0.489 e. The molecule has 0 spiro atoms. The summed E-state index contributed by atoms with van der Waals surface area (Å²) in [4.78, 5) is 17.6. The molecule has 5 heteroatoms. The fraction of sp³-hybridized carbons (Fsp3) is 0.235. The third-order valence-corrected chi connectivity index (χ3v) is 3.83. The van der Waals surface area contributed by atoms with Gasteiger partial charge in [-0.2, -0.15) is 5.06 Å². The highest BCUT2D eigenvalue weighted by atomic mass is 16.7. The summed E-state index contributed by atoms with van der Waals surface area (Å²) in [5, 5.41) is 1.17. The monoisotopic (exact) mass is 298 g/mol. The van der Waals surface area contributed by atoms with Crippen LogP contribution in [0.3, 0.4) is 0 Å². The van der Waals surface area contributed by atoms with E-state index in [-0.39, 0.29) is 12.5 Å². The molecule has 0 bridgehead atoms. The molecule has 1 atom stereocenters. The number of nitrogens with two attached hydrogens (primary N) is 1. The highest BCUT2D eigenvalue weighted by Gasteiger charge is 2.48. The van der Waals surface area contributed by atoms with Gasteiger partial charge in [-0.25, -0.2) is 0 Å². The molecule has 0 saturated heterocycles. The van der Waals surface area contributed by atoms with Crippen LogP contribution in [0, 0.1) is 6.92 Å². The van der Waals surface area contributed by atoms with E-state index in [0.717, 1.165) is 5.56 Å². The Labute approximate surface area is 129 Å². The number of aryl methyl sites for hydroxylation is 1. The van der Waals surface area contributed by atoms with Crippen LogP contribution in [0.5, 0.6) is 5.75 Å². The second-order valence-corrected chi connectivity index (χ2v) is 5.35. The predicted molar refractivity (Wildman–Crippen MR) is 82.2 cm³/mol. The lowest BCUT2D eigenvalue weighted by Gasteiger charge is -2.32. The van der Waals surface area contributed by atoms with Crippen molar-refractivity contribution < 1.29 is 14.4 Å². The molecular weight excluding hydrogens is 280 g/mol. The third-order valence-electron chi connectivity index (χ3n) is 3.83. The van der Waals surface area contributed by atoms with Gasteiger partial charge in [0.25, 0.3) is 5.91 Å². The van der Waals surface area contributed by atoms with E-state index >= 15 is 0 Å². The van der Waals surface area contributed by atoms with Gasteiger partial charge >= 0.3 is 0 Å². The van der Waals surface area contributed by atoms with Gasteiger partial charge in [0.2, 0.25) is 0 Å². The lowest BCUT2D eigenvalue weighted by atomic mass is 10.0. The van der Waals surface area contributed by atoms with Crippen LogP contribution in [0.1, 0.15) is 21.5 Å². The van der Waals surface area contributed by atoms with Gasteiger partial charge in [-0.3, -0.25) is 15.4 Å². The van der Waals surface area contributed by atoms with E-state index in [2.05, 4.69) is 0 Å². The Morgan fingerprint density at radius 3 is 2.50 bits per heavy atom. The fourth-order valence-corrected chi connectivity index (χ4v) is 2.66. The lowest BCUT2D eigenvalue weighted by molar-refractivity contribution is -0.167. The van der Waals surface area contributed by atoms with E-state index in [0.29, 0.717) is 16.9 Å². The first-order valence-corrected chi connectivity index (χ1v) is 7.03. The molecule has 0 radical (unpaired) electrons. The Morgan fingerprint density at radius 2 is 1.82 bits per heavy atom. The second-order valence-electron chi connectivity index (χ2n) is 5.35. The SMILES string of the molecule is CON1C(=O)c2ccccc2C1(N)COc1ccc(C)cc1. The summed E-state index contributed by atoms with van der Waals surface area (Å²) in [6.07, 6.45) is 0. The largest absolute Gasteiger partial charge is 0.489 e. The van der Waals surface area contributed by atoms with E-state index < -0.39 is 5.66 Å². The quantitative estimate of drug-likeness (QED) is 0.940. The van der Waals surface area contributed by atoms with Crippen LogP contribution in [-0.4, -0.2) is 24.7 Å². The molecule has 22 heavy (non-hydrogen) atoms. The molecule has 1 aliphatic heterocycles. The van der Waals surface area contributed by atoms with Crippen molar-refractivity contribution in [2.45, 2.75) is 12.6 Å². The smallest absolute Gasteiger partial charge is 0.280 e. The van der Waals surface area contributed by atoms with Gasteiger partial charge in [-0.15, -0.1) is 0 Å². The van der Waals surface area contributed by atoms with Gasteiger partial charge in [0, 0.05) is 11.1 Å². The van der Waals surface area contributed by atoms with Gasteiger partial charge in [0.05, 0.1) is 7.11 Å². The van der Waals surface area contributed by atoms with E-state index in [1.807, 2.05) is 43.3 Å². The number of amides is 1. The summed E-state index contributed by atoms with van der Waals surface area (Å²) in [7, 11) is 1.43. The van der Waals surface area contributed by atoms with Crippen molar-refractivity contribution in [3.05, 3.63) is 65.2 Å². The van der Waals surface area contributed by atoms with Crippen molar-refractivity contribution in [3.8, 4) is 5.75 Å². The van der Waals surface area contributed by atoms with Crippen LogP contribution in [0.4, 0.5) is 0 Å². The van der Waals surface area contributed by atoms with E-state index in [1.54, 1.807) is 12.1 Å². The molecule has 1 amide bonds. The van der Waals surface area contributed by atoms with Gasteiger partial charge in [-0.05, 0) is 25.1 Å². The molecule has 0 saturated carbocycles. The molecule has 1 unspecified atom stereocenters. The fourth-order valence-electron chi connectivity index (χ4n) is 2.66. The van der Waals surface area contributed by atoms with Crippen molar-refractivity contribution in [3.63, 3.8) is 0 Å². The van der Waals surface area contributed by atoms with Crippen LogP contribution in [0.25, 0.3) is 0 Å². The molecule has 2 aromatic rings. The zero-order chi connectivity index (χ0) is 15.7. The molecule has 0 fully saturated rings. The molecule has 2 aromatic carbocycles. The van der Waals surface area contributed by atoms with Crippen LogP contribution >= 0.6 is 0 Å². The Hall–Kier alpha value is -2.37. The van der Waals surface area contributed by atoms with Crippen LogP contribution in [-0.2, 0) is 10.5 Å². The maximum absolute atomic E-state index is 12.4. The Bertz CT molecular complexity index is 699. The van der Waals surface area contributed by atoms with Crippen LogP contribution < -0.4 is 10.5 Å². The molecule has 2 N–H and O–H groups in total. The summed E-state index contributed by atoms with van der Waals surface area (Å²) in [6, 6.07) is 14.9. The van der Waals surface area contributed by atoms with Crippen molar-refractivity contribution in [1.29, 1.82) is 0 Å². The van der Waals surface area contributed by atoms with Gasteiger partial charge in [0.1, 0.15) is 12.4 Å². The topological polar surface area (TPSA) is 64.8 Å². The first-order chi connectivity index (χ1) is 10.6. The summed E-state index contributed by atoms with van der Waals surface area (Å²) in [5.41, 5.74) is 7.69. The molecule has 114 valence electrons. The number of nitrogens with zero attached hydrogens (tertiary/aromatic N) is 1. The number of fused-ring (bicyclic) bond motifs is 1. The Balaban J connectivity index is 1.89. The second kappa shape index (κ2) is 5.44. The number of hydrogen-bond donors (Lipinski definition) is 1. The number of carbonyl (C=O) groups is 1. The van der Waals surface area contributed by atoms with E-state index in [4.69, 9.17) is 15.3 Å². The first-order valence-electron chi connectivity index (χ1n) is 7.03. The third kappa shape index (κ3) is 2.24. The minimum absolute atomic E-state index is 0.104. The zero-order valence-corrected chi connectivity index (χ0v) is 12.6. The summed E-state index contributed by atoms with van der Waals surface area (Å²) < 4.78 is 5.79. The van der Waals surface area contributed by atoms with Crippen molar-refractivity contribution >= 4 is 5.91 Å². The number of hydrogen-bond acceptors (Lipinski definition) is 4.